The molecule has 27 heavy (non-hydrogen) atoms. The second-order valence-corrected chi connectivity index (χ2v) is 8.85. The van der Waals surface area contributed by atoms with Crippen LogP contribution in [0.2, 0.25) is 0 Å². The first-order valence-corrected chi connectivity index (χ1v) is 10.7. The van der Waals surface area contributed by atoms with Crippen LogP contribution >= 0.6 is 0 Å². The molecule has 7 nitrogen and oxygen atoms in total. The number of benzene rings is 1. The number of carbonyl (C=O) groups is 1. The van der Waals surface area contributed by atoms with Gasteiger partial charge >= 0.3 is 0 Å². The number of carbonyl (C=O) groups excluding carboxylic acids is 1. The van der Waals surface area contributed by atoms with Crippen LogP contribution in [0.25, 0.3) is 0 Å². The third-order valence-electron chi connectivity index (χ3n) is 5.11. The number of rotatable bonds is 7. The number of sulfonamides is 1. The summed E-state index contributed by atoms with van der Waals surface area (Å²) < 4.78 is 46.2. The molecular weight excluding hydrogens is 375 g/mol. The van der Waals surface area contributed by atoms with E-state index in [1.807, 2.05) is 0 Å². The topological polar surface area (TPSA) is 105 Å². The largest absolute Gasteiger partial charge is 0.394 e. The van der Waals surface area contributed by atoms with Gasteiger partial charge in [-0.1, -0.05) is 0 Å². The van der Waals surface area contributed by atoms with Gasteiger partial charge in [-0.15, -0.1) is 0 Å². The number of aliphatic hydroxyl groups is 1. The maximum absolute atomic E-state index is 13.0. The van der Waals surface area contributed by atoms with E-state index in [2.05, 4.69) is 10.0 Å². The molecule has 1 saturated carbocycles. The Morgan fingerprint density at radius 3 is 2.48 bits per heavy atom. The molecule has 1 saturated heterocycles. The van der Waals surface area contributed by atoms with Gasteiger partial charge in [0, 0.05) is 6.04 Å². The molecular formula is C18H25FN2O5S. The second-order valence-electron chi connectivity index (χ2n) is 7.14. The molecule has 0 aromatic heterocycles. The molecule has 1 heterocycles. The maximum Gasteiger partial charge on any atom is 0.240 e. The van der Waals surface area contributed by atoms with Crippen LogP contribution < -0.4 is 10.0 Å². The lowest BCUT2D eigenvalue weighted by Crippen LogP contribution is -2.51. The zero-order chi connectivity index (χ0) is 19.4. The molecule has 2 aliphatic rings. The van der Waals surface area contributed by atoms with Gasteiger partial charge in [-0.2, -0.15) is 0 Å². The van der Waals surface area contributed by atoms with E-state index < -0.39 is 28.0 Å². The Kier molecular flexibility index (Phi) is 6.46. The first-order valence-electron chi connectivity index (χ1n) is 9.21. The molecule has 1 amide bonds. The summed E-state index contributed by atoms with van der Waals surface area (Å²) in [6.45, 7) is -0.364. The van der Waals surface area contributed by atoms with Gasteiger partial charge in [0.2, 0.25) is 15.9 Å². The Morgan fingerprint density at radius 1 is 1.19 bits per heavy atom. The summed E-state index contributed by atoms with van der Waals surface area (Å²) in [5.74, 6) is -0.599. The molecule has 0 spiro atoms. The Morgan fingerprint density at radius 2 is 1.89 bits per heavy atom. The minimum atomic E-state index is -3.86. The molecule has 0 unspecified atom stereocenters. The predicted molar refractivity (Wildman–Crippen MR) is 95.9 cm³/mol. The number of nitrogens with one attached hydrogen (secondary N) is 2. The molecule has 1 aromatic rings. The molecule has 150 valence electrons. The van der Waals surface area contributed by atoms with Gasteiger partial charge in [-0.3, -0.25) is 4.79 Å². The van der Waals surface area contributed by atoms with Crippen LogP contribution in [-0.2, 0) is 19.6 Å². The fraction of sp³-hybridized carbons (Fsp3) is 0.611. The van der Waals surface area contributed by atoms with Crippen molar-refractivity contribution in [2.75, 3.05) is 6.61 Å². The number of halogens is 1. The summed E-state index contributed by atoms with van der Waals surface area (Å²) in [4.78, 5) is 12.0. The Bertz CT molecular complexity index is 752. The van der Waals surface area contributed by atoms with Crippen molar-refractivity contribution in [2.45, 2.75) is 67.7 Å². The third kappa shape index (κ3) is 5.25. The van der Waals surface area contributed by atoms with Crippen LogP contribution in [0.3, 0.4) is 0 Å². The molecule has 9 heteroatoms. The van der Waals surface area contributed by atoms with Crippen molar-refractivity contribution in [1.82, 2.24) is 10.0 Å². The van der Waals surface area contributed by atoms with E-state index in [1.54, 1.807) is 0 Å². The van der Waals surface area contributed by atoms with Gasteiger partial charge in [0.1, 0.15) is 5.82 Å². The normalized spacial score (nSPS) is 26.4. The van der Waals surface area contributed by atoms with Gasteiger partial charge in [0.15, 0.2) is 0 Å². The number of ether oxygens (including phenoxy) is 1. The summed E-state index contributed by atoms with van der Waals surface area (Å²) >= 11 is 0. The minimum absolute atomic E-state index is 0.0532. The molecule has 1 aromatic carbocycles. The van der Waals surface area contributed by atoms with E-state index in [1.165, 1.54) is 12.1 Å². The number of aliphatic hydroxyl groups excluding tert-OH is 1. The smallest absolute Gasteiger partial charge is 0.240 e. The van der Waals surface area contributed by atoms with Gasteiger partial charge in [0.05, 0.1) is 36.2 Å². The fourth-order valence-electron chi connectivity index (χ4n) is 3.34. The Hall–Kier alpha value is -1.55. The highest BCUT2D eigenvalue weighted by atomic mass is 32.2. The predicted octanol–water partition coefficient (Wildman–Crippen LogP) is 1.07. The number of amides is 1. The molecule has 3 rings (SSSR count). The van der Waals surface area contributed by atoms with E-state index in [-0.39, 0.29) is 36.0 Å². The van der Waals surface area contributed by atoms with Gasteiger partial charge < -0.3 is 15.2 Å². The molecule has 3 N–H and O–H groups in total. The van der Waals surface area contributed by atoms with Crippen LogP contribution in [0.1, 0.15) is 38.5 Å². The van der Waals surface area contributed by atoms with E-state index >= 15 is 0 Å². The highest BCUT2D eigenvalue weighted by Gasteiger charge is 2.35. The summed E-state index contributed by atoms with van der Waals surface area (Å²) in [6.07, 6.45) is 3.19. The summed E-state index contributed by atoms with van der Waals surface area (Å²) in [5.41, 5.74) is 0. The van der Waals surface area contributed by atoms with Crippen LogP contribution in [0.15, 0.2) is 29.2 Å². The molecule has 0 radical (unpaired) electrons. The van der Waals surface area contributed by atoms with Crippen molar-refractivity contribution in [1.29, 1.82) is 0 Å². The Labute approximate surface area is 158 Å². The summed E-state index contributed by atoms with van der Waals surface area (Å²) in [7, 11) is -3.86. The highest BCUT2D eigenvalue weighted by Crippen LogP contribution is 2.24. The average Bonchev–Trinajstić information content (AvgIpc) is 2.59. The lowest BCUT2D eigenvalue weighted by Gasteiger charge is -2.36. The van der Waals surface area contributed by atoms with Crippen LogP contribution in [0.5, 0.6) is 0 Å². The van der Waals surface area contributed by atoms with Crippen molar-refractivity contribution in [2.24, 2.45) is 0 Å². The standard InChI is InChI=1S/C18H25FN2O5S/c19-12-4-7-15(8-5-12)27(24,25)21-16-9-6-14(26-17(16)11-22)10-18(23)20-13-2-1-3-13/h4-5,7-8,13-14,16-17,21-22H,1-3,6,9-11H2,(H,20,23)/t14-,16-,17-/m0/s1. The van der Waals surface area contributed by atoms with E-state index in [9.17, 15) is 22.7 Å². The van der Waals surface area contributed by atoms with E-state index in [4.69, 9.17) is 4.74 Å². The lowest BCUT2D eigenvalue weighted by molar-refractivity contribution is -0.131. The first-order chi connectivity index (χ1) is 12.9. The van der Waals surface area contributed by atoms with E-state index in [0.717, 1.165) is 31.4 Å². The van der Waals surface area contributed by atoms with Crippen molar-refractivity contribution in [3.05, 3.63) is 30.1 Å². The van der Waals surface area contributed by atoms with Crippen molar-refractivity contribution < 1.29 is 27.4 Å². The zero-order valence-electron chi connectivity index (χ0n) is 14.9. The quantitative estimate of drug-likeness (QED) is 0.635. The summed E-state index contributed by atoms with van der Waals surface area (Å²) in [6, 6.07) is 4.16. The zero-order valence-corrected chi connectivity index (χ0v) is 15.8. The highest BCUT2D eigenvalue weighted by molar-refractivity contribution is 7.89. The van der Waals surface area contributed by atoms with Crippen molar-refractivity contribution in [3.8, 4) is 0 Å². The van der Waals surface area contributed by atoms with E-state index in [0.29, 0.717) is 12.8 Å². The van der Waals surface area contributed by atoms with Crippen LogP contribution in [0.4, 0.5) is 4.39 Å². The van der Waals surface area contributed by atoms with Crippen molar-refractivity contribution >= 4 is 15.9 Å². The van der Waals surface area contributed by atoms with Crippen molar-refractivity contribution in [3.63, 3.8) is 0 Å². The third-order valence-corrected chi connectivity index (χ3v) is 6.62. The SMILES string of the molecule is O=C(C[C@@H]1CC[C@H](NS(=O)(=O)c2ccc(F)cc2)[C@H](CO)O1)NC1CCC1. The number of hydrogen-bond donors (Lipinski definition) is 3. The molecule has 3 atom stereocenters. The van der Waals surface area contributed by atoms with Gasteiger partial charge in [0.25, 0.3) is 0 Å². The lowest BCUT2D eigenvalue weighted by atomic mass is 9.92. The first kappa shape index (κ1) is 20.2. The molecule has 1 aliphatic heterocycles. The number of hydrogen-bond acceptors (Lipinski definition) is 5. The summed E-state index contributed by atoms with van der Waals surface area (Å²) in [5, 5.41) is 12.5. The maximum atomic E-state index is 13.0. The monoisotopic (exact) mass is 400 g/mol. The van der Waals surface area contributed by atoms with Crippen LogP contribution in [-0.4, -0.2) is 50.3 Å². The second kappa shape index (κ2) is 8.64. The van der Waals surface area contributed by atoms with Crippen LogP contribution in [0, 0.1) is 5.82 Å². The molecule has 1 aliphatic carbocycles. The minimum Gasteiger partial charge on any atom is -0.394 e. The average molecular weight is 400 g/mol. The molecule has 0 bridgehead atoms. The fourth-order valence-corrected chi connectivity index (χ4v) is 4.64. The Balaban J connectivity index is 1.56. The van der Waals surface area contributed by atoms with Gasteiger partial charge in [-0.25, -0.2) is 17.5 Å². The van der Waals surface area contributed by atoms with Gasteiger partial charge in [-0.05, 0) is 56.4 Å². The molecule has 2 fully saturated rings.